The summed E-state index contributed by atoms with van der Waals surface area (Å²) in [7, 11) is 0. The zero-order chi connectivity index (χ0) is 7.98. The Bertz CT molecular complexity index is 186. The van der Waals surface area contributed by atoms with Gasteiger partial charge in [-0.2, -0.15) is 5.26 Å². The molecule has 2 heteroatoms. The first-order valence-electron chi connectivity index (χ1n) is 3.23. The number of nitrogens with zero attached hydrogens (tertiary/aromatic N) is 1. The summed E-state index contributed by atoms with van der Waals surface area (Å²) >= 11 is 0. The van der Waals surface area contributed by atoms with E-state index in [1.807, 2.05) is 6.07 Å². The molecule has 0 saturated carbocycles. The normalized spacial score (nSPS) is 10.7. The van der Waals surface area contributed by atoms with Gasteiger partial charge >= 0.3 is 0 Å². The minimum absolute atomic E-state index is 0.169. The lowest BCUT2D eigenvalue weighted by Crippen LogP contribution is -1.86. The number of rotatable bonds is 3. The summed E-state index contributed by atoms with van der Waals surface area (Å²) in [5.41, 5.74) is 0.682. The summed E-state index contributed by atoms with van der Waals surface area (Å²) in [5, 5.41) is 8.30. The van der Waals surface area contributed by atoms with Gasteiger partial charge in [-0.15, -0.1) is 0 Å². The summed E-state index contributed by atoms with van der Waals surface area (Å²) in [6, 6.07) is 1.99. The molecule has 0 atom stereocenters. The van der Waals surface area contributed by atoms with E-state index in [0.717, 1.165) is 0 Å². The number of carbonyl (C=O) groups excluding carboxylic acids is 1. The fraction of sp³-hybridized carbons (Fsp3) is 0.500. The van der Waals surface area contributed by atoms with Gasteiger partial charge in [-0.1, -0.05) is 6.08 Å². The van der Waals surface area contributed by atoms with Crippen LogP contribution in [0.4, 0.5) is 0 Å². The molecule has 0 N–H and O–H groups in total. The van der Waals surface area contributed by atoms with Crippen LogP contribution in [-0.4, -0.2) is 5.78 Å². The van der Waals surface area contributed by atoms with Crippen molar-refractivity contribution in [2.24, 2.45) is 0 Å². The second kappa shape index (κ2) is 4.75. The first-order valence-corrected chi connectivity index (χ1v) is 3.23. The fourth-order valence-electron chi connectivity index (χ4n) is 0.538. The van der Waals surface area contributed by atoms with Crippen LogP contribution in [0.5, 0.6) is 0 Å². The Kier molecular flexibility index (Phi) is 4.23. The van der Waals surface area contributed by atoms with E-state index in [1.165, 1.54) is 0 Å². The molecule has 0 heterocycles. The molecule has 0 aromatic heterocycles. The van der Waals surface area contributed by atoms with E-state index < -0.39 is 0 Å². The summed E-state index contributed by atoms with van der Waals surface area (Å²) in [4.78, 5) is 10.4. The molecule has 0 spiro atoms. The van der Waals surface area contributed by atoms with Crippen molar-refractivity contribution in [3.8, 4) is 6.07 Å². The van der Waals surface area contributed by atoms with Gasteiger partial charge in [-0.3, -0.25) is 0 Å². The topological polar surface area (TPSA) is 40.9 Å². The Hall–Kier alpha value is -1.10. The molecule has 0 rings (SSSR count). The molecule has 0 radical (unpaired) electrons. The third-order valence-electron chi connectivity index (χ3n) is 1.12. The maximum Gasteiger partial charge on any atom is 0.130 e. The first kappa shape index (κ1) is 8.90. The Morgan fingerprint density at radius 3 is 2.60 bits per heavy atom. The lowest BCUT2D eigenvalue weighted by molar-refractivity contribution is -0.116. The number of allylic oxidation sites excluding steroid dienone is 2. The van der Waals surface area contributed by atoms with Crippen LogP contribution < -0.4 is 0 Å². The molecule has 0 aliphatic rings. The minimum Gasteiger partial charge on any atom is -0.300 e. The van der Waals surface area contributed by atoms with Crippen molar-refractivity contribution in [1.82, 2.24) is 0 Å². The van der Waals surface area contributed by atoms with Crippen LogP contribution in [0.15, 0.2) is 11.6 Å². The molecule has 0 unspecified atom stereocenters. The average Bonchev–Trinajstić information content (AvgIpc) is 1.87. The Morgan fingerprint density at radius 1 is 1.60 bits per heavy atom. The molecule has 54 valence electrons. The van der Waals surface area contributed by atoms with Crippen molar-refractivity contribution in [2.45, 2.75) is 26.7 Å². The molecule has 0 saturated heterocycles. The summed E-state index contributed by atoms with van der Waals surface area (Å²) < 4.78 is 0. The van der Waals surface area contributed by atoms with Crippen LogP contribution >= 0.6 is 0 Å². The van der Waals surface area contributed by atoms with E-state index in [4.69, 9.17) is 5.26 Å². The molecule has 0 bridgehead atoms. The largest absolute Gasteiger partial charge is 0.300 e. The van der Waals surface area contributed by atoms with Crippen molar-refractivity contribution >= 4 is 5.78 Å². The van der Waals surface area contributed by atoms with Gasteiger partial charge in [-0.05, 0) is 20.3 Å². The molecule has 2 nitrogen and oxygen atoms in total. The highest BCUT2D eigenvalue weighted by Gasteiger charge is 1.89. The highest BCUT2D eigenvalue weighted by Crippen LogP contribution is 1.96. The van der Waals surface area contributed by atoms with Crippen LogP contribution in [-0.2, 0) is 4.79 Å². The molecule has 0 aliphatic heterocycles. The lowest BCUT2D eigenvalue weighted by Gasteiger charge is -1.87. The molecular formula is C8H11NO. The highest BCUT2D eigenvalue weighted by atomic mass is 16.1. The van der Waals surface area contributed by atoms with Crippen LogP contribution in [0.2, 0.25) is 0 Å². The maximum atomic E-state index is 10.4. The van der Waals surface area contributed by atoms with Gasteiger partial charge in [0.1, 0.15) is 5.78 Å². The van der Waals surface area contributed by atoms with Crippen molar-refractivity contribution < 1.29 is 4.79 Å². The van der Waals surface area contributed by atoms with Crippen LogP contribution in [0.3, 0.4) is 0 Å². The van der Waals surface area contributed by atoms with E-state index in [1.54, 1.807) is 19.9 Å². The number of ketones is 1. The van der Waals surface area contributed by atoms with Crippen molar-refractivity contribution in [1.29, 1.82) is 5.26 Å². The third kappa shape index (κ3) is 5.04. The lowest BCUT2D eigenvalue weighted by atomic mass is 10.2. The van der Waals surface area contributed by atoms with Crippen LogP contribution in [0, 0.1) is 11.3 Å². The van der Waals surface area contributed by atoms with Crippen molar-refractivity contribution in [3.63, 3.8) is 0 Å². The van der Waals surface area contributed by atoms with E-state index in [0.29, 0.717) is 18.4 Å². The van der Waals surface area contributed by atoms with Gasteiger partial charge in [-0.25, -0.2) is 0 Å². The molecule has 0 fully saturated rings. The summed E-state index contributed by atoms with van der Waals surface area (Å²) in [6.45, 7) is 3.29. The second-order valence-electron chi connectivity index (χ2n) is 2.24. The van der Waals surface area contributed by atoms with E-state index >= 15 is 0 Å². The molecule has 0 aromatic rings. The highest BCUT2D eigenvalue weighted by molar-refractivity contribution is 5.75. The quantitative estimate of drug-likeness (QED) is 0.557. The predicted molar refractivity (Wildman–Crippen MR) is 39.3 cm³/mol. The molecular weight excluding hydrogens is 126 g/mol. The van der Waals surface area contributed by atoms with Crippen molar-refractivity contribution in [2.75, 3.05) is 0 Å². The smallest absolute Gasteiger partial charge is 0.130 e. The molecule has 10 heavy (non-hydrogen) atoms. The Balaban J connectivity index is 3.56. The van der Waals surface area contributed by atoms with E-state index in [9.17, 15) is 4.79 Å². The maximum absolute atomic E-state index is 10.4. The fourth-order valence-corrected chi connectivity index (χ4v) is 0.538. The van der Waals surface area contributed by atoms with E-state index in [2.05, 4.69) is 0 Å². The van der Waals surface area contributed by atoms with Gasteiger partial charge < -0.3 is 4.79 Å². The average molecular weight is 137 g/mol. The van der Waals surface area contributed by atoms with Gasteiger partial charge in [0, 0.05) is 12.0 Å². The van der Waals surface area contributed by atoms with Gasteiger partial charge in [0.05, 0.1) is 6.07 Å². The van der Waals surface area contributed by atoms with Gasteiger partial charge in [0.15, 0.2) is 0 Å². The Labute approximate surface area is 61.2 Å². The zero-order valence-electron chi connectivity index (χ0n) is 6.35. The number of carbonyl (C=O) groups is 1. The summed E-state index contributed by atoms with van der Waals surface area (Å²) in [6.07, 6.45) is 3.01. The molecule has 0 amide bonds. The second-order valence-corrected chi connectivity index (χ2v) is 2.24. The van der Waals surface area contributed by atoms with Gasteiger partial charge in [0.2, 0.25) is 0 Å². The van der Waals surface area contributed by atoms with Crippen molar-refractivity contribution in [3.05, 3.63) is 11.6 Å². The van der Waals surface area contributed by atoms with Gasteiger partial charge in [0.25, 0.3) is 0 Å². The number of hydrogen-bond donors (Lipinski definition) is 0. The zero-order valence-corrected chi connectivity index (χ0v) is 6.35. The number of Topliss-reactive ketones (excluding diaryl/α,β-unsaturated/α-hetero) is 1. The third-order valence-corrected chi connectivity index (χ3v) is 1.12. The number of nitriles is 1. The Morgan fingerprint density at radius 2 is 2.20 bits per heavy atom. The van der Waals surface area contributed by atoms with Crippen LogP contribution in [0.1, 0.15) is 26.7 Å². The number of hydrogen-bond acceptors (Lipinski definition) is 2. The van der Waals surface area contributed by atoms with E-state index in [-0.39, 0.29) is 5.78 Å². The summed E-state index contributed by atoms with van der Waals surface area (Å²) in [5.74, 6) is 0.169. The molecule has 0 aromatic carbocycles. The van der Waals surface area contributed by atoms with Crippen LogP contribution in [0.25, 0.3) is 0 Å². The standard InChI is InChI=1S/C8H11NO/c1-7(6-9)4-3-5-8(2)10/h4H,3,5H2,1-2H3/b7-4+. The first-order chi connectivity index (χ1) is 4.66. The predicted octanol–water partition coefficient (Wildman–Crippen LogP) is 1.83. The minimum atomic E-state index is 0.169. The molecule has 0 aliphatic carbocycles. The monoisotopic (exact) mass is 137 g/mol. The SMILES string of the molecule is CC(=O)CC/C=C(\C)C#N.